The maximum Gasteiger partial charge on any atom is 0.416 e. The summed E-state index contributed by atoms with van der Waals surface area (Å²) in [6, 6.07) is 12.8. The number of halogens is 6. The second kappa shape index (κ2) is 11.0. The molecule has 0 bridgehead atoms. The van der Waals surface area contributed by atoms with Crippen LogP contribution >= 0.6 is 11.3 Å². The summed E-state index contributed by atoms with van der Waals surface area (Å²) in [6.07, 6.45) is -6.81. The van der Waals surface area contributed by atoms with Crippen LogP contribution in [0.25, 0.3) is 6.08 Å². The Balaban J connectivity index is 1.63. The maximum absolute atomic E-state index is 13.4. The zero-order chi connectivity index (χ0) is 27.5. The van der Waals surface area contributed by atoms with Gasteiger partial charge in [0.25, 0.3) is 5.91 Å². The van der Waals surface area contributed by atoms with Crippen molar-refractivity contribution in [1.29, 1.82) is 0 Å². The molecular weight excluding hydrogens is 530 g/mol. The Morgan fingerprint density at radius 3 is 2.13 bits per heavy atom. The first-order valence-corrected chi connectivity index (χ1v) is 12.4. The van der Waals surface area contributed by atoms with Crippen LogP contribution in [0, 0.1) is 0 Å². The number of piperazine rings is 1. The molecule has 2 aromatic carbocycles. The smallest absolute Gasteiger partial charge is 0.335 e. The third kappa shape index (κ3) is 6.63. The molecule has 4 rings (SSSR count). The molecule has 1 aliphatic heterocycles. The Morgan fingerprint density at radius 2 is 1.55 bits per heavy atom. The molecule has 1 fully saturated rings. The highest BCUT2D eigenvalue weighted by Gasteiger charge is 2.39. The van der Waals surface area contributed by atoms with Gasteiger partial charge in [-0.1, -0.05) is 36.4 Å². The summed E-state index contributed by atoms with van der Waals surface area (Å²) in [6.45, 7) is 0.0988. The van der Waals surface area contributed by atoms with Gasteiger partial charge in [0, 0.05) is 36.2 Å². The molecule has 1 aliphatic rings. The quantitative estimate of drug-likeness (QED) is 0.272. The fraction of sp³-hybridized carbons (Fsp3) is 0.259. The SMILES string of the molecule is O=C(/C=C/c1cccs1)N1CCN(C(=O)c2cc(C(F)(F)F)cc(C(F)(F)F)c2)[C@H](Cc2ccccc2)C1. The van der Waals surface area contributed by atoms with Gasteiger partial charge in [0.2, 0.25) is 5.91 Å². The van der Waals surface area contributed by atoms with E-state index >= 15 is 0 Å². The molecule has 1 atom stereocenters. The Bertz CT molecular complexity index is 1270. The average Bonchev–Trinajstić information content (AvgIpc) is 3.40. The fourth-order valence-electron chi connectivity index (χ4n) is 4.27. The normalized spacial score (nSPS) is 16.7. The maximum atomic E-state index is 13.4. The van der Waals surface area contributed by atoms with Crippen molar-refractivity contribution >= 4 is 29.2 Å². The molecule has 0 saturated carbocycles. The molecule has 11 heteroatoms. The van der Waals surface area contributed by atoms with Gasteiger partial charge < -0.3 is 9.80 Å². The summed E-state index contributed by atoms with van der Waals surface area (Å²) in [7, 11) is 0. The number of carbonyl (C=O) groups is 2. The number of carbonyl (C=O) groups excluding carboxylic acids is 2. The molecule has 200 valence electrons. The molecule has 0 N–H and O–H groups in total. The first-order valence-electron chi connectivity index (χ1n) is 11.6. The van der Waals surface area contributed by atoms with Gasteiger partial charge in [-0.2, -0.15) is 26.3 Å². The summed E-state index contributed by atoms with van der Waals surface area (Å²) in [5.74, 6) is -1.26. The predicted octanol–water partition coefficient (Wildman–Crippen LogP) is 6.39. The van der Waals surface area contributed by atoms with Gasteiger partial charge in [-0.3, -0.25) is 9.59 Å². The number of benzene rings is 2. The van der Waals surface area contributed by atoms with E-state index < -0.39 is 41.0 Å². The molecule has 1 aromatic heterocycles. The first-order chi connectivity index (χ1) is 17.9. The van der Waals surface area contributed by atoms with E-state index in [1.807, 2.05) is 17.5 Å². The molecule has 0 radical (unpaired) electrons. The molecule has 0 unspecified atom stereocenters. The van der Waals surface area contributed by atoms with Crippen molar-refractivity contribution in [1.82, 2.24) is 9.80 Å². The molecule has 0 spiro atoms. The molecule has 0 aliphatic carbocycles. The lowest BCUT2D eigenvalue weighted by Crippen LogP contribution is -2.57. The lowest BCUT2D eigenvalue weighted by molar-refractivity contribution is -0.143. The van der Waals surface area contributed by atoms with Gasteiger partial charge >= 0.3 is 12.4 Å². The predicted molar refractivity (Wildman–Crippen MR) is 131 cm³/mol. The second-order valence-electron chi connectivity index (χ2n) is 8.77. The first kappa shape index (κ1) is 27.4. The summed E-state index contributed by atoms with van der Waals surface area (Å²) < 4.78 is 80.3. The van der Waals surface area contributed by atoms with Gasteiger partial charge in [-0.25, -0.2) is 0 Å². The van der Waals surface area contributed by atoms with Crippen LogP contribution < -0.4 is 0 Å². The third-order valence-corrected chi connectivity index (χ3v) is 6.97. The minimum atomic E-state index is -5.07. The van der Waals surface area contributed by atoms with Crippen molar-refractivity contribution in [2.24, 2.45) is 0 Å². The van der Waals surface area contributed by atoms with Crippen LogP contribution in [-0.4, -0.2) is 47.3 Å². The number of alkyl halides is 6. The van der Waals surface area contributed by atoms with E-state index in [1.54, 1.807) is 36.4 Å². The monoisotopic (exact) mass is 552 g/mol. The van der Waals surface area contributed by atoms with Crippen molar-refractivity contribution in [3.8, 4) is 0 Å². The molecule has 1 saturated heterocycles. The molecular formula is C27H22F6N2O2S. The van der Waals surface area contributed by atoms with Crippen LogP contribution in [0.4, 0.5) is 26.3 Å². The van der Waals surface area contributed by atoms with E-state index in [4.69, 9.17) is 0 Å². The number of amides is 2. The summed E-state index contributed by atoms with van der Waals surface area (Å²) >= 11 is 1.45. The summed E-state index contributed by atoms with van der Waals surface area (Å²) in [4.78, 5) is 29.9. The minimum Gasteiger partial charge on any atom is -0.335 e. The van der Waals surface area contributed by atoms with Crippen molar-refractivity contribution in [2.75, 3.05) is 19.6 Å². The van der Waals surface area contributed by atoms with Crippen LogP contribution in [-0.2, 0) is 23.6 Å². The Hall–Kier alpha value is -3.60. The van der Waals surface area contributed by atoms with E-state index in [-0.39, 0.29) is 38.0 Å². The van der Waals surface area contributed by atoms with E-state index in [1.165, 1.54) is 27.2 Å². The molecule has 2 amide bonds. The highest BCUT2D eigenvalue weighted by atomic mass is 32.1. The summed E-state index contributed by atoms with van der Waals surface area (Å²) in [5.41, 5.74) is -3.01. The van der Waals surface area contributed by atoms with E-state index in [0.717, 1.165) is 10.4 Å². The average molecular weight is 553 g/mol. The second-order valence-corrected chi connectivity index (χ2v) is 9.75. The van der Waals surface area contributed by atoms with Crippen molar-refractivity contribution in [3.05, 3.63) is 99.3 Å². The Labute approximate surface area is 218 Å². The number of hydrogen-bond acceptors (Lipinski definition) is 3. The molecule has 38 heavy (non-hydrogen) atoms. The van der Waals surface area contributed by atoms with Crippen LogP contribution in [0.15, 0.2) is 72.1 Å². The lowest BCUT2D eigenvalue weighted by Gasteiger charge is -2.41. The van der Waals surface area contributed by atoms with E-state index in [0.29, 0.717) is 12.1 Å². The molecule has 2 heterocycles. The third-order valence-electron chi connectivity index (χ3n) is 6.14. The Morgan fingerprint density at radius 1 is 0.895 bits per heavy atom. The van der Waals surface area contributed by atoms with Gasteiger partial charge in [0.15, 0.2) is 0 Å². The van der Waals surface area contributed by atoms with Gasteiger partial charge in [0.1, 0.15) is 0 Å². The largest absolute Gasteiger partial charge is 0.416 e. The minimum absolute atomic E-state index is 0.00519. The number of thiophene rings is 1. The van der Waals surface area contributed by atoms with Crippen molar-refractivity contribution in [2.45, 2.75) is 24.8 Å². The van der Waals surface area contributed by atoms with Crippen molar-refractivity contribution < 1.29 is 35.9 Å². The van der Waals surface area contributed by atoms with Crippen LogP contribution in [0.2, 0.25) is 0 Å². The number of rotatable bonds is 5. The zero-order valence-electron chi connectivity index (χ0n) is 19.8. The zero-order valence-corrected chi connectivity index (χ0v) is 20.6. The van der Waals surface area contributed by atoms with E-state index in [9.17, 15) is 35.9 Å². The van der Waals surface area contributed by atoms with Crippen LogP contribution in [0.1, 0.15) is 31.9 Å². The van der Waals surface area contributed by atoms with Crippen LogP contribution in [0.3, 0.4) is 0 Å². The van der Waals surface area contributed by atoms with Crippen LogP contribution in [0.5, 0.6) is 0 Å². The number of nitrogens with zero attached hydrogens (tertiary/aromatic N) is 2. The molecule has 4 nitrogen and oxygen atoms in total. The lowest BCUT2D eigenvalue weighted by atomic mass is 9.99. The van der Waals surface area contributed by atoms with Gasteiger partial charge in [-0.15, -0.1) is 11.3 Å². The highest BCUT2D eigenvalue weighted by Crippen LogP contribution is 2.37. The standard InChI is InChI=1S/C27H22F6N2O2S/c28-26(29,30)20-14-19(15-21(16-20)27(31,32)33)25(37)35-11-10-34(24(36)9-8-23-7-4-12-38-23)17-22(35)13-18-5-2-1-3-6-18/h1-9,12,14-16,22H,10-11,13,17H2/b9-8+/t22-/m1/s1. The fourth-order valence-corrected chi connectivity index (χ4v) is 4.89. The summed E-state index contributed by atoms with van der Waals surface area (Å²) in [5, 5.41) is 1.86. The van der Waals surface area contributed by atoms with Gasteiger partial charge in [0.05, 0.1) is 17.2 Å². The van der Waals surface area contributed by atoms with Crippen molar-refractivity contribution in [3.63, 3.8) is 0 Å². The topological polar surface area (TPSA) is 40.6 Å². The Kier molecular flexibility index (Phi) is 7.96. The van der Waals surface area contributed by atoms with E-state index in [2.05, 4.69) is 0 Å². The number of hydrogen-bond donors (Lipinski definition) is 0. The molecule has 3 aromatic rings. The highest BCUT2D eigenvalue weighted by molar-refractivity contribution is 7.10. The van der Waals surface area contributed by atoms with Gasteiger partial charge in [-0.05, 0) is 47.7 Å².